The van der Waals surface area contributed by atoms with Crippen molar-refractivity contribution in [2.24, 2.45) is 5.92 Å². The number of benzene rings is 1. The Morgan fingerprint density at radius 3 is 2.57 bits per heavy atom. The minimum atomic E-state index is -1.12. The number of nitrogens with zero attached hydrogens (tertiary/aromatic N) is 3. The monoisotopic (exact) mass is 499 g/mol. The third kappa shape index (κ3) is 4.83. The Morgan fingerprint density at radius 2 is 1.94 bits per heavy atom. The summed E-state index contributed by atoms with van der Waals surface area (Å²) in [6.45, 7) is 2.85. The highest BCUT2D eigenvalue weighted by Crippen LogP contribution is 2.36. The van der Waals surface area contributed by atoms with Crippen LogP contribution in [0.4, 0.5) is 0 Å². The van der Waals surface area contributed by atoms with Crippen LogP contribution in [0.1, 0.15) is 23.5 Å². The summed E-state index contributed by atoms with van der Waals surface area (Å²) in [4.78, 5) is 44.0. The van der Waals surface area contributed by atoms with Crippen LogP contribution in [0, 0.1) is 12.8 Å². The lowest BCUT2D eigenvalue weighted by Crippen LogP contribution is -2.42. The Kier molecular flexibility index (Phi) is 7.29. The molecule has 11 heteroatoms. The molecular weight excluding hydrogens is 474 g/mol. The van der Waals surface area contributed by atoms with E-state index in [1.807, 2.05) is 30.3 Å². The Labute approximate surface area is 203 Å². The molecule has 184 valence electrons. The molecule has 10 nitrogen and oxygen atoms in total. The number of carboxylic acids is 1. The number of aryl methyl sites for hydroxylation is 1. The zero-order chi connectivity index (χ0) is 25.1. The van der Waals surface area contributed by atoms with E-state index in [-0.39, 0.29) is 37.6 Å². The number of hydrogen-bond donors (Lipinski definition) is 2. The van der Waals surface area contributed by atoms with Gasteiger partial charge in [-0.1, -0.05) is 37.3 Å². The number of aliphatic hydroxyl groups is 1. The van der Waals surface area contributed by atoms with E-state index < -0.39 is 29.2 Å². The van der Waals surface area contributed by atoms with Crippen molar-refractivity contribution in [1.29, 1.82) is 0 Å². The third-order valence-corrected chi connectivity index (χ3v) is 6.81. The molecule has 0 aliphatic rings. The second kappa shape index (κ2) is 10.4. The number of aliphatic carboxylic acids is 1. The maximum atomic E-state index is 13.6. The van der Waals surface area contributed by atoms with Crippen LogP contribution in [-0.2, 0) is 22.6 Å². The molecule has 0 saturated heterocycles. The molecule has 0 fully saturated rings. The van der Waals surface area contributed by atoms with Gasteiger partial charge in [-0.15, -0.1) is 11.3 Å². The molecule has 4 aromatic rings. The van der Waals surface area contributed by atoms with E-state index in [4.69, 9.17) is 9.15 Å². The predicted molar refractivity (Wildman–Crippen MR) is 130 cm³/mol. The molecule has 0 radical (unpaired) electrons. The number of carbonyl (C=O) groups is 1. The topological polar surface area (TPSA) is 137 Å². The van der Waals surface area contributed by atoms with Gasteiger partial charge in [-0.2, -0.15) is 0 Å². The summed E-state index contributed by atoms with van der Waals surface area (Å²) < 4.78 is 13.7. The van der Waals surface area contributed by atoms with E-state index in [9.17, 15) is 24.6 Å². The summed E-state index contributed by atoms with van der Waals surface area (Å²) in [6, 6.07) is 9.24. The van der Waals surface area contributed by atoms with Gasteiger partial charge in [-0.25, -0.2) is 9.78 Å². The second-order valence-corrected chi connectivity index (χ2v) is 9.30. The van der Waals surface area contributed by atoms with Crippen molar-refractivity contribution < 1.29 is 24.2 Å². The smallest absolute Gasteiger partial charge is 0.332 e. The van der Waals surface area contributed by atoms with Gasteiger partial charge in [0.2, 0.25) is 5.89 Å². The van der Waals surface area contributed by atoms with E-state index >= 15 is 0 Å². The number of rotatable bonds is 10. The highest BCUT2D eigenvalue weighted by molar-refractivity contribution is 7.19. The molecule has 1 aromatic carbocycles. The van der Waals surface area contributed by atoms with Crippen LogP contribution < -0.4 is 11.2 Å². The first-order valence-electron chi connectivity index (χ1n) is 11.0. The standard InChI is InChI=1S/C24H25N3O7S/c1-14(23(30)31)12-26-21(29)19-18(20-25-8-10-34-20)15(2)35-22(19)27(24(26)32)13-17(33-11-9-28)16-6-4-3-5-7-16/h3-8,10,14,17,28H,9,11-13H2,1-2H3,(H,30,31)/t14?,17-/m0/s1. The zero-order valence-corrected chi connectivity index (χ0v) is 20.0. The molecule has 4 rings (SSSR count). The number of hydrogen-bond acceptors (Lipinski definition) is 8. The van der Waals surface area contributed by atoms with Gasteiger partial charge in [0, 0.05) is 11.4 Å². The van der Waals surface area contributed by atoms with Crippen molar-refractivity contribution >= 4 is 27.5 Å². The van der Waals surface area contributed by atoms with Gasteiger partial charge in [-0.05, 0) is 12.5 Å². The maximum Gasteiger partial charge on any atom is 0.332 e. The van der Waals surface area contributed by atoms with Crippen LogP contribution in [0.25, 0.3) is 21.7 Å². The molecule has 3 aromatic heterocycles. The van der Waals surface area contributed by atoms with E-state index in [0.29, 0.717) is 10.4 Å². The van der Waals surface area contributed by atoms with Crippen LogP contribution >= 0.6 is 11.3 Å². The number of thiophene rings is 1. The van der Waals surface area contributed by atoms with Crippen molar-refractivity contribution in [2.45, 2.75) is 33.0 Å². The molecule has 2 N–H and O–H groups in total. The Hall–Kier alpha value is -3.54. The van der Waals surface area contributed by atoms with Crippen LogP contribution in [0.2, 0.25) is 0 Å². The fraction of sp³-hybridized carbons (Fsp3) is 0.333. The molecule has 0 bridgehead atoms. The number of fused-ring (bicyclic) bond motifs is 1. The molecule has 2 atom stereocenters. The third-order valence-electron chi connectivity index (χ3n) is 5.69. The molecule has 3 heterocycles. The summed E-state index contributed by atoms with van der Waals surface area (Å²) in [7, 11) is 0. The average Bonchev–Trinajstić information content (AvgIpc) is 3.49. The summed E-state index contributed by atoms with van der Waals surface area (Å²) in [5.41, 5.74) is 0.0284. The van der Waals surface area contributed by atoms with Crippen molar-refractivity contribution in [2.75, 3.05) is 13.2 Å². The fourth-order valence-corrected chi connectivity index (χ4v) is 5.07. The number of carboxylic acid groups (broad SMARTS) is 1. The van der Waals surface area contributed by atoms with Crippen LogP contribution in [0.15, 0.2) is 56.8 Å². The predicted octanol–water partition coefficient (Wildman–Crippen LogP) is 2.66. The van der Waals surface area contributed by atoms with Gasteiger partial charge in [0.15, 0.2) is 0 Å². The highest BCUT2D eigenvalue weighted by atomic mass is 32.1. The van der Waals surface area contributed by atoms with Gasteiger partial charge in [0.25, 0.3) is 5.56 Å². The molecule has 0 amide bonds. The molecule has 0 aliphatic heterocycles. The quantitative estimate of drug-likeness (QED) is 0.340. The van der Waals surface area contributed by atoms with Gasteiger partial charge >= 0.3 is 11.7 Å². The van der Waals surface area contributed by atoms with Gasteiger partial charge in [0.1, 0.15) is 17.2 Å². The average molecular weight is 500 g/mol. The van der Waals surface area contributed by atoms with Crippen molar-refractivity contribution in [3.63, 3.8) is 0 Å². The first kappa shape index (κ1) is 24.6. The molecule has 1 unspecified atom stereocenters. The Balaban J connectivity index is 1.96. The number of oxazole rings is 1. The lowest BCUT2D eigenvalue weighted by atomic mass is 10.1. The molecule has 35 heavy (non-hydrogen) atoms. The van der Waals surface area contributed by atoms with Crippen LogP contribution in [0.5, 0.6) is 0 Å². The lowest BCUT2D eigenvalue weighted by molar-refractivity contribution is -0.141. The molecule has 0 spiro atoms. The lowest BCUT2D eigenvalue weighted by Gasteiger charge is -2.21. The molecule has 0 aliphatic carbocycles. The van der Waals surface area contributed by atoms with Crippen LogP contribution in [-0.4, -0.2) is 43.5 Å². The van der Waals surface area contributed by atoms with Crippen molar-refractivity contribution in [3.8, 4) is 11.5 Å². The largest absolute Gasteiger partial charge is 0.481 e. The maximum absolute atomic E-state index is 13.6. The SMILES string of the molecule is Cc1sc2c(c1-c1ncco1)c(=O)n(CC(C)C(=O)O)c(=O)n2C[C@H](OCCO)c1ccccc1. The van der Waals surface area contributed by atoms with E-state index in [1.165, 1.54) is 35.3 Å². The van der Waals surface area contributed by atoms with Gasteiger partial charge < -0.3 is 19.4 Å². The van der Waals surface area contributed by atoms with E-state index in [0.717, 1.165) is 15.0 Å². The Bertz CT molecular complexity index is 1440. The summed E-state index contributed by atoms with van der Waals surface area (Å²) >= 11 is 1.26. The normalized spacial score (nSPS) is 13.2. The van der Waals surface area contributed by atoms with Crippen molar-refractivity contribution in [3.05, 3.63) is 74.1 Å². The van der Waals surface area contributed by atoms with E-state index in [2.05, 4.69) is 4.98 Å². The zero-order valence-electron chi connectivity index (χ0n) is 19.2. The first-order chi connectivity index (χ1) is 16.8. The summed E-state index contributed by atoms with van der Waals surface area (Å²) in [6.07, 6.45) is 2.26. The molecule has 0 saturated carbocycles. The van der Waals surface area contributed by atoms with Gasteiger partial charge in [-0.3, -0.25) is 18.7 Å². The molecular formula is C24H25N3O7S. The van der Waals surface area contributed by atoms with Crippen LogP contribution in [0.3, 0.4) is 0 Å². The number of aromatic nitrogens is 3. The van der Waals surface area contributed by atoms with Crippen molar-refractivity contribution in [1.82, 2.24) is 14.1 Å². The van der Waals surface area contributed by atoms with E-state index in [1.54, 1.807) is 6.92 Å². The Morgan fingerprint density at radius 1 is 1.20 bits per heavy atom. The second-order valence-electron chi connectivity index (χ2n) is 8.09. The number of ether oxygens (including phenoxy) is 1. The number of aliphatic hydroxyl groups excluding tert-OH is 1. The summed E-state index contributed by atoms with van der Waals surface area (Å²) in [5.74, 6) is -1.84. The first-order valence-corrected chi connectivity index (χ1v) is 11.8. The highest BCUT2D eigenvalue weighted by Gasteiger charge is 2.27. The fourth-order valence-electron chi connectivity index (χ4n) is 3.93. The minimum absolute atomic E-state index is 0.0477. The van der Waals surface area contributed by atoms with Gasteiger partial charge in [0.05, 0.1) is 42.8 Å². The minimum Gasteiger partial charge on any atom is -0.481 e. The summed E-state index contributed by atoms with van der Waals surface area (Å²) in [5, 5.41) is 19.0.